The lowest BCUT2D eigenvalue weighted by Gasteiger charge is -2.35. The van der Waals surface area contributed by atoms with Gasteiger partial charge in [0.2, 0.25) is 5.91 Å². The van der Waals surface area contributed by atoms with E-state index < -0.39 is 5.54 Å². The van der Waals surface area contributed by atoms with Gasteiger partial charge < -0.3 is 16.0 Å². The normalized spacial score (nSPS) is 27.9. The highest BCUT2D eigenvalue weighted by molar-refractivity contribution is 5.85. The number of nitrogens with two attached hydrogens (primary N) is 1. The van der Waals surface area contributed by atoms with Crippen LogP contribution in [0.25, 0.3) is 0 Å². The molecular weight excluding hydrogens is 250 g/mol. The number of carbonyl (C=O) groups is 1. The average Bonchev–Trinajstić information content (AvgIpc) is 2.81. The molecule has 0 spiro atoms. The van der Waals surface area contributed by atoms with Crippen LogP contribution in [-0.4, -0.2) is 42.5 Å². The van der Waals surface area contributed by atoms with Crippen LogP contribution in [0.4, 0.5) is 0 Å². The van der Waals surface area contributed by atoms with Crippen LogP contribution < -0.4 is 11.1 Å². The number of amides is 1. The summed E-state index contributed by atoms with van der Waals surface area (Å²) in [6.07, 6.45) is 6.63. The van der Waals surface area contributed by atoms with Gasteiger partial charge in [-0.25, -0.2) is 0 Å². The Morgan fingerprint density at radius 1 is 1.50 bits per heavy atom. The maximum Gasteiger partial charge on any atom is 0.238 e. The second-order valence-corrected chi connectivity index (χ2v) is 6.36. The molecule has 1 rings (SSSR count). The molecule has 1 amide bonds. The van der Waals surface area contributed by atoms with E-state index in [1.54, 1.807) is 0 Å². The Balaban J connectivity index is 2.59. The Hall–Kier alpha value is -0.610. The number of carbonyl (C=O) groups excluding carboxylic acids is 1. The molecule has 4 heteroatoms. The minimum atomic E-state index is -0.455. The first-order chi connectivity index (χ1) is 9.47. The number of rotatable bonds is 9. The summed E-state index contributed by atoms with van der Waals surface area (Å²) >= 11 is 0. The Kier molecular flexibility index (Phi) is 6.96. The molecule has 1 fully saturated rings. The van der Waals surface area contributed by atoms with Crippen LogP contribution in [-0.2, 0) is 4.79 Å². The van der Waals surface area contributed by atoms with E-state index in [9.17, 15) is 4.79 Å². The van der Waals surface area contributed by atoms with Crippen LogP contribution in [0.5, 0.6) is 0 Å². The van der Waals surface area contributed by atoms with E-state index in [2.05, 4.69) is 38.0 Å². The molecule has 118 valence electrons. The van der Waals surface area contributed by atoms with E-state index in [-0.39, 0.29) is 5.91 Å². The second-order valence-electron chi connectivity index (χ2n) is 6.36. The van der Waals surface area contributed by atoms with Crippen LogP contribution in [0.2, 0.25) is 0 Å². The van der Waals surface area contributed by atoms with E-state index in [4.69, 9.17) is 5.73 Å². The fourth-order valence-electron chi connectivity index (χ4n) is 3.65. The van der Waals surface area contributed by atoms with Crippen molar-refractivity contribution >= 4 is 5.91 Å². The molecule has 1 aliphatic carbocycles. The van der Waals surface area contributed by atoms with Gasteiger partial charge in [0.25, 0.3) is 0 Å². The quantitative estimate of drug-likeness (QED) is 0.681. The van der Waals surface area contributed by atoms with Gasteiger partial charge in [-0.05, 0) is 58.7 Å². The molecule has 1 saturated carbocycles. The van der Waals surface area contributed by atoms with Crippen molar-refractivity contribution in [3.63, 3.8) is 0 Å². The Morgan fingerprint density at radius 2 is 2.20 bits per heavy atom. The summed E-state index contributed by atoms with van der Waals surface area (Å²) in [7, 11) is 2.19. The lowest BCUT2D eigenvalue weighted by molar-refractivity contribution is -0.126. The van der Waals surface area contributed by atoms with Crippen molar-refractivity contribution in [3.05, 3.63) is 0 Å². The first-order valence-electron chi connectivity index (χ1n) is 8.23. The SMILES string of the molecule is CCCC(C)N(C)CCC1CCCC1(NCC)C(N)=O. The summed E-state index contributed by atoms with van der Waals surface area (Å²) in [4.78, 5) is 14.4. The highest BCUT2D eigenvalue weighted by atomic mass is 16.1. The lowest BCUT2D eigenvalue weighted by Crippen LogP contribution is -2.58. The molecule has 3 unspecified atom stereocenters. The highest BCUT2D eigenvalue weighted by Crippen LogP contribution is 2.38. The third-order valence-electron chi connectivity index (χ3n) is 5.04. The van der Waals surface area contributed by atoms with Crippen LogP contribution >= 0.6 is 0 Å². The van der Waals surface area contributed by atoms with Gasteiger partial charge in [0.1, 0.15) is 5.54 Å². The molecule has 0 aromatic rings. The van der Waals surface area contributed by atoms with Gasteiger partial charge in [0.15, 0.2) is 0 Å². The predicted molar refractivity (Wildman–Crippen MR) is 84.6 cm³/mol. The van der Waals surface area contributed by atoms with Crippen molar-refractivity contribution in [2.24, 2.45) is 11.7 Å². The monoisotopic (exact) mass is 283 g/mol. The number of nitrogens with one attached hydrogen (secondary N) is 1. The third-order valence-corrected chi connectivity index (χ3v) is 5.04. The van der Waals surface area contributed by atoms with E-state index in [1.807, 2.05) is 0 Å². The van der Waals surface area contributed by atoms with Crippen molar-refractivity contribution < 1.29 is 4.79 Å². The zero-order chi connectivity index (χ0) is 15.2. The van der Waals surface area contributed by atoms with Crippen LogP contribution in [0.15, 0.2) is 0 Å². The van der Waals surface area contributed by atoms with Gasteiger partial charge in [-0.1, -0.05) is 26.7 Å². The first kappa shape index (κ1) is 17.4. The molecule has 0 saturated heterocycles. The van der Waals surface area contributed by atoms with Crippen molar-refractivity contribution in [2.45, 2.75) is 70.9 Å². The lowest BCUT2D eigenvalue weighted by atomic mass is 9.83. The first-order valence-corrected chi connectivity index (χ1v) is 8.23. The standard InChI is InChI=1S/C16H33N3O/c1-5-8-13(3)19(4)12-10-14-9-7-11-16(14,15(17)20)18-6-2/h13-14,18H,5-12H2,1-4H3,(H2,17,20). The van der Waals surface area contributed by atoms with E-state index in [0.717, 1.165) is 38.8 Å². The summed E-state index contributed by atoms with van der Waals surface area (Å²) in [5.41, 5.74) is 5.25. The summed E-state index contributed by atoms with van der Waals surface area (Å²) in [5, 5.41) is 3.39. The Bertz CT molecular complexity index is 308. The summed E-state index contributed by atoms with van der Waals surface area (Å²) in [6, 6.07) is 0.614. The van der Waals surface area contributed by atoms with Gasteiger partial charge in [-0.3, -0.25) is 4.79 Å². The number of primary amides is 1. The second kappa shape index (κ2) is 7.99. The van der Waals surface area contributed by atoms with E-state index in [0.29, 0.717) is 12.0 Å². The van der Waals surface area contributed by atoms with Crippen molar-refractivity contribution in [2.75, 3.05) is 20.1 Å². The summed E-state index contributed by atoms with van der Waals surface area (Å²) < 4.78 is 0. The number of hydrogen-bond acceptors (Lipinski definition) is 3. The van der Waals surface area contributed by atoms with Gasteiger partial charge in [0.05, 0.1) is 0 Å². The molecule has 0 radical (unpaired) electrons. The largest absolute Gasteiger partial charge is 0.368 e. The molecule has 0 heterocycles. The number of nitrogens with zero attached hydrogens (tertiary/aromatic N) is 1. The maximum atomic E-state index is 12.0. The fraction of sp³-hybridized carbons (Fsp3) is 0.938. The molecule has 0 aliphatic heterocycles. The van der Waals surface area contributed by atoms with Crippen LogP contribution in [0.3, 0.4) is 0 Å². The molecule has 3 atom stereocenters. The smallest absolute Gasteiger partial charge is 0.238 e. The summed E-state index contributed by atoms with van der Waals surface area (Å²) in [6.45, 7) is 8.41. The maximum absolute atomic E-state index is 12.0. The molecule has 0 aromatic heterocycles. The topological polar surface area (TPSA) is 58.4 Å². The number of hydrogen-bond donors (Lipinski definition) is 2. The van der Waals surface area contributed by atoms with Gasteiger partial charge in [-0.2, -0.15) is 0 Å². The molecule has 3 N–H and O–H groups in total. The molecule has 4 nitrogen and oxygen atoms in total. The van der Waals surface area contributed by atoms with Crippen molar-refractivity contribution in [3.8, 4) is 0 Å². The molecule has 1 aliphatic rings. The van der Waals surface area contributed by atoms with Crippen LogP contribution in [0.1, 0.15) is 59.3 Å². The summed E-state index contributed by atoms with van der Waals surface area (Å²) in [5.74, 6) is 0.224. The molecular formula is C16H33N3O. The third kappa shape index (κ3) is 3.95. The van der Waals surface area contributed by atoms with Crippen molar-refractivity contribution in [1.29, 1.82) is 0 Å². The van der Waals surface area contributed by atoms with Crippen LogP contribution in [0, 0.1) is 5.92 Å². The Morgan fingerprint density at radius 3 is 2.75 bits per heavy atom. The predicted octanol–water partition coefficient (Wildman–Crippen LogP) is 2.13. The van der Waals surface area contributed by atoms with E-state index in [1.165, 1.54) is 12.8 Å². The van der Waals surface area contributed by atoms with E-state index >= 15 is 0 Å². The molecule has 20 heavy (non-hydrogen) atoms. The van der Waals surface area contributed by atoms with Gasteiger partial charge in [-0.15, -0.1) is 0 Å². The fourth-order valence-corrected chi connectivity index (χ4v) is 3.65. The Labute approximate surface area is 124 Å². The molecule has 0 bridgehead atoms. The minimum Gasteiger partial charge on any atom is -0.368 e. The van der Waals surface area contributed by atoms with Crippen molar-refractivity contribution in [1.82, 2.24) is 10.2 Å². The number of likely N-dealkylation sites (N-methyl/N-ethyl adjacent to an activating group) is 1. The molecule has 0 aromatic carbocycles. The van der Waals surface area contributed by atoms with Gasteiger partial charge >= 0.3 is 0 Å². The highest BCUT2D eigenvalue weighted by Gasteiger charge is 2.46. The average molecular weight is 283 g/mol. The zero-order valence-corrected chi connectivity index (χ0v) is 13.7. The minimum absolute atomic E-state index is 0.161. The van der Waals surface area contributed by atoms with Gasteiger partial charge in [0, 0.05) is 6.04 Å². The zero-order valence-electron chi connectivity index (χ0n) is 13.7.